The normalized spacial score (nSPS) is 12.1. The second-order valence-corrected chi connectivity index (χ2v) is 5.90. The summed E-state index contributed by atoms with van der Waals surface area (Å²) in [5.74, 6) is 0.998. The fourth-order valence-corrected chi connectivity index (χ4v) is 2.63. The third-order valence-electron chi connectivity index (χ3n) is 3.95. The van der Waals surface area contributed by atoms with Gasteiger partial charge in [-0.2, -0.15) is 0 Å². The average Bonchev–Trinajstić information content (AvgIpc) is 3.07. The van der Waals surface area contributed by atoms with Gasteiger partial charge in [-0.3, -0.25) is 4.79 Å². The van der Waals surface area contributed by atoms with Gasteiger partial charge in [-0.15, -0.1) is 0 Å². The quantitative estimate of drug-likeness (QED) is 0.621. The van der Waals surface area contributed by atoms with Crippen LogP contribution >= 0.6 is 0 Å². The fourth-order valence-electron chi connectivity index (χ4n) is 2.63. The number of methoxy groups -OCH3 is 1. The first-order valence-corrected chi connectivity index (χ1v) is 8.51. The van der Waals surface area contributed by atoms with Crippen LogP contribution in [0.3, 0.4) is 0 Å². The minimum Gasteiger partial charge on any atom is -0.481 e. The molecular formula is C20H22N2O4. The fraction of sp³-hybridized carbons (Fsp3) is 0.300. The molecule has 1 aromatic heterocycles. The van der Waals surface area contributed by atoms with E-state index in [-0.39, 0.29) is 12.5 Å². The summed E-state index contributed by atoms with van der Waals surface area (Å²) in [6, 6.07) is 16.8. The Labute approximate surface area is 152 Å². The van der Waals surface area contributed by atoms with E-state index < -0.39 is 6.10 Å². The molecule has 136 valence electrons. The van der Waals surface area contributed by atoms with E-state index in [9.17, 15) is 4.79 Å². The van der Waals surface area contributed by atoms with Crippen LogP contribution in [0, 0.1) is 0 Å². The first kappa shape index (κ1) is 17.9. The number of oxazole rings is 1. The van der Waals surface area contributed by atoms with Crippen molar-refractivity contribution in [3.8, 4) is 5.75 Å². The molecule has 1 amide bonds. The Balaban J connectivity index is 1.72. The van der Waals surface area contributed by atoms with Crippen LogP contribution in [-0.4, -0.2) is 42.2 Å². The predicted octanol–water partition coefficient (Wildman–Crippen LogP) is 3.27. The molecule has 3 rings (SSSR count). The zero-order valence-electron chi connectivity index (χ0n) is 14.9. The van der Waals surface area contributed by atoms with Gasteiger partial charge in [0.25, 0.3) is 5.91 Å². The molecular weight excluding hydrogens is 332 g/mol. The number of carbonyl (C=O) groups is 1. The highest BCUT2D eigenvalue weighted by Crippen LogP contribution is 2.17. The van der Waals surface area contributed by atoms with Crippen molar-refractivity contribution in [1.82, 2.24) is 9.88 Å². The summed E-state index contributed by atoms with van der Waals surface area (Å²) in [5, 5.41) is 0. The summed E-state index contributed by atoms with van der Waals surface area (Å²) in [6.45, 7) is 2.85. The number of fused-ring (bicyclic) bond motifs is 1. The SMILES string of the molecule is COCCN(Cc1nc2ccccc2o1)C(=O)C(C)Oc1ccccc1. The Bertz CT molecular complexity index is 814. The van der Waals surface area contributed by atoms with Crippen molar-refractivity contribution < 1.29 is 18.7 Å². The Morgan fingerprint density at radius 2 is 1.88 bits per heavy atom. The zero-order valence-corrected chi connectivity index (χ0v) is 14.9. The molecule has 2 aromatic carbocycles. The van der Waals surface area contributed by atoms with Gasteiger partial charge in [0.1, 0.15) is 11.3 Å². The molecule has 0 spiro atoms. The molecule has 0 saturated heterocycles. The Hall–Kier alpha value is -2.86. The van der Waals surface area contributed by atoms with Crippen LogP contribution in [0.4, 0.5) is 0 Å². The first-order chi connectivity index (χ1) is 12.7. The molecule has 0 bridgehead atoms. The lowest BCUT2D eigenvalue weighted by molar-refractivity contribution is -0.139. The predicted molar refractivity (Wildman–Crippen MR) is 97.8 cm³/mol. The number of rotatable bonds is 8. The van der Waals surface area contributed by atoms with Gasteiger partial charge in [0, 0.05) is 13.7 Å². The molecule has 0 radical (unpaired) electrons. The van der Waals surface area contributed by atoms with Crippen LogP contribution in [0.25, 0.3) is 11.1 Å². The van der Waals surface area contributed by atoms with Gasteiger partial charge in [0.15, 0.2) is 11.7 Å². The maximum absolute atomic E-state index is 12.8. The van der Waals surface area contributed by atoms with Crippen molar-refractivity contribution in [3.05, 3.63) is 60.5 Å². The van der Waals surface area contributed by atoms with Crippen molar-refractivity contribution in [2.45, 2.75) is 19.6 Å². The molecule has 0 aliphatic carbocycles. The third kappa shape index (κ3) is 4.40. The molecule has 6 heteroatoms. The second kappa shape index (κ2) is 8.49. The average molecular weight is 354 g/mol. The Morgan fingerprint density at radius 3 is 2.62 bits per heavy atom. The maximum atomic E-state index is 12.8. The topological polar surface area (TPSA) is 64.8 Å². The highest BCUT2D eigenvalue weighted by atomic mass is 16.5. The van der Waals surface area contributed by atoms with E-state index in [0.29, 0.717) is 30.4 Å². The summed E-state index contributed by atoms with van der Waals surface area (Å²) in [4.78, 5) is 18.9. The van der Waals surface area contributed by atoms with Crippen molar-refractivity contribution in [3.63, 3.8) is 0 Å². The van der Waals surface area contributed by atoms with Crippen LogP contribution in [0.1, 0.15) is 12.8 Å². The van der Waals surface area contributed by atoms with Gasteiger partial charge >= 0.3 is 0 Å². The van der Waals surface area contributed by atoms with Gasteiger partial charge < -0.3 is 18.8 Å². The molecule has 6 nitrogen and oxygen atoms in total. The number of benzene rings is 2. The maximum Gasteiger partial charge on any atom is 0.263 e. The Morgan fingerprint density at radius 1 is 1.15 bits per heavy atom. The van der Waals surface area contributed by atoms with Crippen LogP contribution in [0.15, 0.2) is 59.0 Å². The lowest BCUT2D eigenvalue weighted by atomic mass is 10.3. The molecule has 0 saturated carbocycles. The summed E-state index contributed by atoms with van der Waals surface area (Å²) in [5.41, 5.74) is 1.48. The number of carbonyl (C=O) groups excluding carboxylic acids is 1. The molecule has 3 aromatic rings. The third-order valence-corrected chi connectivity index (χ3v) is 3.95. The lowest BCUT2D eigenvalue weighted by Gasteiger charge is -2.24. The van der Waals surface area contributed by atoms with Gasteiger partial charge in [-0.1, -0.05) is 30.3 Å². The molecule has 0 N–H and O–H groups in total. The van der Waals surface area contributed by atoms with E-state index in [1.54, 1.807) is 18.9 Å². The molecule has 1 atom stereocenters. The number of hydrogen-bond donors (Lipinski definition) is 0. The van der Waals surface area contributed by atoms with Crippen molar-refractivity contribution in [2.24, 2.45) is 0 Å². The molecule has 26 heavy (non-hydrogen) atoms. The molecule has 0 aliphatic rings. The van der Waals surface area contributed by atoms with E-state index in [4.69, 9.17) is 13.9 Å². The van der Waals surface area contributed by atoms with E-state index in [1.807, 2.05) is 54.6 Å². The number of ether oxygens (including phenoxy) is 2. The monoisotopic (exact) mass is 354 g/mol. The van der Waals surface area contributed by atoms with Crippen molar-refractivity contribution in [2.75, 3.05) is 20.3 Å². The summed E-state index contributed by atoms with van der Waals surface area (Å²) < 4.78 is 16.6. The van der Waals surface area contributed by atoms with Gasteiger partial charge in [0.05, 0.1) is 13.2 Å². The number of hydrogen-bond acceptors (Lipinski definition) is 5. The molecule has 1 heterocycles. The zero-order chi connectivity index (χ0) is 18.4. The second-order valence-electron chi connectivity index (χ2n) is 5.90. The minimum absolute atomic E-state index is 0.145. The van der Waals surface area contributed by atoms with E-state index in [0.717, 1.165) is 5.52 Å². The Kier molecular flexibility index (Phi) is 5.86. The number of para-hydroxylation sites is 3. The summed E-state index contributed by atoms with van der Waals surface area (Å²) in [6.07, 6.45) is -0.626. The smallest absolute Gasteiger partial charge is 0.263 e. The molecule has 0 fully saturated rings. The number of nitrogens with zero attached hydrogens (tertiary/aromatic N) is 2. The lowest BCUT2D eigenvalue weighted by Crippen LogP contribution is -2.41. The molecule has 0 aliphatic heterocycles. The number of aromatic nitrogens is 1. The van der Waals surface area contributed by atoms with Crippen LogP contribution in [-0.2, 0) is 16.1 Å². The van der Waals surface area contributed by atoms with Crippen LogP contribution < -0.4 is 4.74 Å². The minimum atomic E-state index is -0.626. The van der Waals surface area contributed by atoms with E-state index >= 15 is 0 Å². The van der Waals surface area contributed by atoms with Gasteiger partial charge in [-0.05, 0) is 31.2 Å². The highest BCUT2D eigenvalue weighted by molar-refractivity contribution is 5.81. The van der Waals surface area contributed by atoms with E-state index in [2.05, 4.69) is 4.98 Å². The standard InChI is InChI=1S/C20H22N2O4/c1-15(25-16-8-4-3-5-9-16)20(23)22(12-13-24-2)14-19-21-17-10-6-7-11-18(17)26-19/h3-11,15H,12-14H2,1-2H3. The summed E-state index contributed by atoms with van der Waals surface area (Å²) in [7, 11) is 1.60. The van der Waals surface area contributed by atoms with Crippen molar-refractivity contribution in [1.29, 1.82) is 0 Å². The van der Waals surface area contributed by atoms with Crippen molar-refractivity contribution >= 4 is 17.0 Å². The molecule has 1 unspecified atom stereocenters. The van der Waals surface area contributed by atoms with Gasteiger partial charge in [-0.25, -0.2) is 4.98 Å². The number of amides is 1. The summed E-state index contributed by atoms with van der Waals surface area (Å²) >= 11 is 0. The largest absolute Gasteiger partial charge is 0.481 e. The highest BCUT2D eigenvalue weighted by Gasteiger charge is 2.24. The van der Waals surface area contributed by atoms with E-state index in [1.165, 1.54) is 0 Å². The van der Waals surface area contributed by atoms with Crippen LogP contribution in [0.2, 0.25) is 0 Å². The first-order valence-electron chi connectivity index (χ1n) is 8.51. The van der Waals surface area contributed by atoms with Gasteiger partial charge in [0.2, 0.25) is 5.89 Å². The van der Waals surface area contributed by atoms with Crippen LogP contribution in [0.5, 0.6) is 5.75 Å².